The van der Waals surface area contributed by atoms with Crippen LogP contribution in [0.5, 0.6) is 0 Å². The third-order valence-corrected chi connectivity index (χ3v) is 4.76. The van der Waals surface area contributed by atoms with Crippen molar-refractivity contribution < 1.29 is 8.42 Å². The van der Waals surface area contributed by atoms with E-state index in [0.717, 1.165) is 25.0 Å². The van der Waals surface area contributed by atoms with Crippen LogP contribution in [0.15, 0.2) is 12.2 Å². The first-order valence-corrected chi connectivity index (χ1v) is 7.42. The molecule has 1 aliphatic heterocycles. The van der Waals surface area contributed by atoms with E-state index in [0.29, 0.717) is 13.1 Å². The Morgan fingerprint density at radius 3 is 2.69 bits per heavy atom. The molecule has 0 aromatic heterocycles. The van der Waals surface area contributed by atoms with Crippen molar-refractivity contribution in [3.63, 3.8) is 0 Å². The first kappa shape index (κ1) is 13.7. The van der Waals surface area contributed by atoms with Gasteiger partial charge in [-0.15, -0.1) is 0 Å². The van der Waals surface area contributed by atoms with E-state index in [4.69, 9.17) is 0 Å². The van der Waals surface area contributed by atoms with Crippen LogP contribution in [0.2, 0.25) is 0 Å². The van der Waals surface area contributed by atoms with E-state index < -0.39 is 10.0 Å². The molecular formula is C11H22N2O2S. The molecule has 1 rings (SSSR count). The largest absolute Gasteiger partial charge is 0.313 e. The van der Waals surface area contributed by atoms with Crippen LogP contribution in [0.25, 0.3) is 0 Å². The van der Waals surface area contributed by atoms with Crippen molar-refractivity contribution in [3.8, 4) is 0 Å². The lowest BCUT2D eigenvalue weighted by Crippen LogP contribution is -2.40. The topological polar surface area (TPSA) is 49.4 Å². The van der Waals surface area contributed by atoms with Crippen LogP contribution in [-0.2, 0) is 10.0 Å². The van der Waals surface area contributed by atoms with Gasteiger partial charge in [0.25, 0.3) is 0 Å². The molecule has 0 aliphatic carbocycles. The van der Waals surface area contributed by atoms with Crippen LogP contribution in [0.4, 0.5) is 0 Å². The minimum absolute atomic E-state index is 0.129. The summed E-state index contributed by atoms with van der Waals surface area (Å²) in [5.41, 5.74) is 0.879. The zero-order valence-corrected chi connectivity index (χ0v) is 11.0. The fourth-order valence-corrected chi connectivity index (χ4v) is 3.78. The highest BCUT2D eigenvalue weighted by molar-refractivity contribution is 7.89. The van der Waals surface area contributed by atoms with Gasteiger partial charge in [0.15, 0.2) is 0 Å². The van der Waals surface area contributed by atoms with Crippen LogP contribution in [0, 0.1) is 0 Å². The van der Waals surface area contributed by atoms with Gasteiger partial charge in [0.05, 0.1) is 5.75 Å². The van der Waals surface area contributed by atoms with Crippen molar-refractivity contribution in [2.75, 3.05) is 25.4 Å². The Balaban J connectivity index is 2.62. The third-order valence-electron chi connectivity index (χ3n) is 2.77. The zero-order chi connectivity index (χ0) is 12.2. The minimum atomic E-state index is -3.14. The molecule has 4 nitrogen and oxygen atoms in total. The van der Waals surface area contributed by atoms with E-state index in [1.54, 1.807) is 0 Å². The van der Waals surface area contributed by atoms with Crippen LogP contribution in [0.3, 0.4) is 0 Å². The maximum absolute atomic E-state index is 12.1. The monoisotopic (exact) mass is 246 g/mol. The Morgan fingerprint density at radius 2 is 2.25 bits per heavy atom. The quantitative estimate of drug-likeness (QED) is 0.710. The van der Waals surface area contributed by atoms with E-state index in [2.05, 4.69) is 11.9 Å². The number of sulfonamides is 1. The molecular weight excluding hydrogens is 224 g/mol. The number of nitrogens with zero attached hydrogens (tertiary/aromatic N) is 1. The van der Waals surface area contributed by atoms with Crippen molar-refractivity contribution in [1.82, 2.24) is 9.62 Å². The fraction of sp³-hybridized carbons (Fsp3) is 0.818. The molecule has 0 aromatic rings. The fourth-order valence-electron chi connectivity index (χ4n) is 1.97. The average molecular weight is 246 g/mol. The Kier molecular flexibility index (Phi) is 4.95. The molecule has 16 heavy (non-hydrogen) atoms. The molecule has 1 fully saturated rings. The van der Waals surface area contributed by atoms with E-state index in [-0.39, 0.29) is 11.8 Å². The highest BCUT2D eigenvalue weighted by Crippen LogP contribution is 2.12. The van der Waals surface area contributed by atoms with Gasteiger partial charge in [0.2, 0.25) is 10.0 Å². The van der Waals surface area contributed by atoms with Gasteiger partial charge in [-0.2, -0.15) is 4.31 Å². The predicted molar refractivity (Wildman–Crippen MR) is 66.9 cm³/mol. The molecule has 5 heteroatoms. The number of hydrogen-bond acceptors (Lipinski definition) is 3. The van der Waals surface area contributed by atoms with Crippen molar-refractivity contribution >= 4 is 10.0 Å². The first-order valence-electron chi connectivity index (χ1n) is 5.81. The maximum atomic E-state index is 12.1. The summed E-state index contributed by atoms with van der Waals surface area (Å²) < 4.78 is 25.7. The second kappa shape index (κ2) is 5.80. The Bertz CT molecular complexity index is 332. The SMILES string of the molecule is C=C(C)CN(CC)S(=O)(=O)CC1CCCN1. The molecule has 0 saturated carbocycles. The molecule has 94 valence electrons. The second-order valence-corrected chi connectivity index (χ2v) is 6.47. The lowest BCUT2D eigenvalue weighted by atomic mass is 10.3. The number of likely N-dealkylation sites (N-methyl/N-ethyl adjacent to an activating group) is 1. The van der Waals surface area contributed by atoms with Crippen molar-refractivity contribution in [2.24, 2.45) is 0 Å². The minimum Gasteiger partial charge on any atom is -0.313 e. The lowest BCUT2D eigenvalue weighted by molar-refractivity contribution is 0.446. The van der Waals surface area contributed by atoms with Crippen LogP contribution < -0.4 is 5.32 Å². The predicted octanol–water partition coefficient (Wildman–Crippen LogP) is 0.966. The molecule has 1 N–H and O–H groups in total. The molecule has 0 aromatic carbocycles. The van der Waals surface area contributed by atoms with Gasteiger partial charge in [0, 0.05) is 19.1 Å². The smallest absolute Gasteiger partial charge is 0.215 e. The second-order valence-electron chi connectivity index (χ2n) is 4.46. The van der Waals surface area contributed by atoms with Crippen LogP contribution in [-0.4, -0.2) is 44.2 Å². The molecule has 0 spiro atoms. The molecule has 1 aliphatic rings. The average Bonchev–Trinajstić information content (AvgIpc) is 2.65. The Labute approximate surface area is 98.8 Å². The number of rotatable bonds is 6. The van der Waals surface area contributed by atoms with Crippen molar-refractivity contribution in [1.29, 1.82) is 0 Å². The summed E-state index contributed by atoms with van der Waals surface area (Å²) in [5, 5.41) is 3.22. The molecule has 0 amide bonds. The first-order chi connectivity index (χ1) is 7.45. The summed E-state index contributed by atoms with van der Waals surface area (Å²) in [7, 11) is -3.14. The maximum Gasteiger partial charge on any atom is 0.215 e. The molecule has 1 heterocycles. The molecule has 1 atom stereocenters. The van der Waals surface area contributed by atoms with Crippen LogP contribution in [0.1, 0.15) is 26.7 Å². The summed E-state index contributed by atoms with van der Waals surface area (Å²) in [6.07, 6.45) is 2.04. The Hall–Kier alpha value is -0.390. The van der Waals surface area contributed by atoms with Gasteiger partial charge in [-0.25, -0.2) is 8.42 Å². The standard InChI is InChI=1S/C11H22N2O2S/c1-4-13(8-10(2)3)16(14,15)9-11-6-5-7-12-11/h11-12H,2,4-9H2,1,3H3. The van der Waals surface area contributed by atoms with Gasteiger partial charge < -0.3 is 5.32 Å². The molecule has 0 bridgehead atoms. The summed E-state index contributed by atoms with van der Waals surface area (Å²) in [4.78, 5) is 0. The van der Waals surface area contributed by atoms with Crippen LogP contribution >= 0.6 is 0 Å². The number of hydrogen-bond donors (Lipinski definition) is 1. The lowest BCUT2D eigenvalue weighted by Gasteiger charge is -2.22. The van der Waals surface area contributed by atoms with Gasteiger partial charge in [-0.3, -0.25) is 0 Å². The Morgan fingerprint density at radius 1 is 1.56 bits per heavy atom. The summed E-state index contributed by atoms with van der Waals surface area (Å²) in [6.45, 7) is 9.37. The third kappa shape index (κ3) is 3.88. The van der Waals surface area contributed by atoms with E-state index in [1.807, 2.05) is 13.8 Å². The number of nitrogens with one attached hydrogen (secondary N) is 1. The highest BCUT2D eigenvalue weighted by Gasteiger charge is 2.26. The molecule has 1 unspecified atom stereocenters. The van der Waals surface area contributed by atoms with E-state index in [1.165, 1.54) is 4.31 Å². The van der Waals surface area contributed by atoms with Gasteiger partial charge in [-0.05, 0) is 26.3 Å². The van der Waals surface area contributed by atoms with Crippen molar-refractivity contribution in [3.05, 3.63) is 12.2 Å². The normalized spacial score (nSPS) is 21.6. The highest BCUT2D eigenvalue weighted by atomic mass is 32.2. The van der Waals surface area contributed by atoms with E-state index >= 15 is 0 Å². The summed E-state index contributed by atoms with van der Waals surface area (Å²) in [5.74, 6) is 0.216. The van der Waals surface area contributed by atoms with Crippen molar-refractivity contribution in [2.45, 2.75) is 32.7 Å². The van der Waals surface area contributed by atoms with Gasteiger partial charge in [0.1, 0.15) is 0 Å². The van der Waals surface area contributed by atoms with Gasteiger partial charge >= 0.3 is 0 Å². The zero-order valence-electron chi connectivity index (χ0n) is 10.2. The molecule has 0 radical (unpaired) electrons. The summed E-state index contributed by atoms with van der Waals surface area (Å²) in [6, 6.07) is 0.129. The van der Waals surface area contributed by atoms with Gasteiger partial charge in [-0.1, -0.05) is 19.1 Å². The summed E-state index contributed by atoms with van der Waals surface area (Å²) >= 11 is 0. The molecule has 1 saturated heterocycles. The van der Waals surface area contributed by atoms with E-state index in [9.17, 15) is 8.42 Å².